The van der Waals surface area contributed by atoms with E-state index in [-0.39, 0.29) is 18.9 Å². The van der Waals surface area contributed by atoms with Crippen LogP contribution in [0.15, 0.2) is 36.5 Å². The molecule has 0 fully saturated rings. The van der Waals surface area contributed by atoms with Crippen LogP contribution in [0.2, 0.25) is 0 Å². The van der Waals surface area contributed by atoms with Crippen LogP contribution in [-0.2, 0) is 18.4 Å². The summed E-state index contributed by atoms with van der Waals surface area (Å²) in [6.07, 6.45) is 47.9. The lowest BCUT2D eigenvalue weighted by atomic mass is 10.0. The van der Waals surface area contributed by atoms with E-state index in [4.69, 9.17) is 9.05 Å². The number of likely N-dealkylation sites (N-methyl/N-ethyl adjacent to an activating group) is 1. The Labute approximate surface area is 370 Å². The second kappa shape index (κ2) is 41.7. The minimum atomic E-state index is -4.68. The van der Waals surface area contributed by atoms with E-state index in [1.54, 1.807) is 0 Å². The topological polar surface area (TPSA) is 128 Å². The van der Waals surface area contributed by atoms with Gasteiger partial charge in [-0.15, -0.1) is 0 Å². The van der Waals surface area contributed by atoms with Gasteiger partial charge in [0.2, 0.25) is 5.91 Å². The van der Waals surface area contributed by atoms with Gasteiger partial charge in [0.15, 0.2) is 0 Å². The number of hydrogen-bond donors (Lipinski definition) is 3. The first kappa shape index (κ1) is 58.7. The molecule has 1 amide bonds. The fraction of sp³-hybridized carbons (Fsp3) is 0.860. The van der Waals surface area contributed by atoms with Gasteiger partial charge >= 0.3 is 0 Å². The molecule has 0 heterocycles. The van der Waals surface area contributed by atoms with Crippen molar-refractivity contribution >= 4 is 13.7 Å². The van der Waals surface area contributed by atoms with Gasteiger partial charge in [-0.2, -0.15) is 0 Å². The van der Waals surface area contributed by atoms with Crippen molar-refractivity contribution in [1.29, 1.82) is 0 Å². The summed E-state index contributed by atoms with van der Waals surface area (Å²) in [7, 11) is 1.10. The lowest BCUT2D eigenvalue weighted by molar-refractivity contribution is -0.870. The molecule has 0 radical (unpaired) electrons. The molecule has 3 N–H and O–H groups in total. The molecule has 0 aromatic rings. The van der Waals surface area contributed by atoms with Crippen LogP contribution in [0.3, 0.4) is 0 Å². The van der Waals surface area contributed by atoms with Crippen molar-refractivity contribution < 1.29 is 38.0 Å². The van der Waals surface area contributed by atoms with Crippen molar-refractivity contribution in [2.24, 2.45) is 0 Å². The molecular weight excluding hydrogens is 772 g/mol. The highest BCUT2D eigenvalue weighted by molar-refractivity contribution is 7.45. The van der Waals surface area contributed by atoms with E-state index in [9.17, 15) is 24.5 Å². The SMILES string of the molecule is C/C=C/CC/C=C/CC/C=C/CCCC(O)C(O)C(COP(=O)([O-])OCC[N+](C)(C)C)NC(=O)CCCCCCCCCCCCCCCCCCCCCCCCCC. The summed E-state index contributed by atoms with van der Waals surface area (Å²) in [5.41, 5.74) is 0. The maximum atomic E-state index is 12.9. The number of amides is 1. The van der Waals surface area contributed by atoms with Gasteiger partial charge in [0, 0.05) is 6.42 Å². The van der Waals surface area contributed by atoms with Crippen LogP contribution < -0.4 is 10.2 Å². The zero-order chi connectivity index (χ0) is 44.4. The van der Waals surface area contributed by atoms with E-state index in [0.29, 0.717) is 30.3 Å². The molecule has 10 heteroatoms. The van der Waals surface area contributed by atoms with Gasteiger partial charge < -0.3 is 34.0 Å². The Morgan fingerprint density at radius 1 is 0.617 bits per heavy atom. The predicted molar refractivity (Wildman–Crippen MR) is 253 cm³/mol. The van der Waals surface area contributed by atoms with Crippen LogP contribution in [0.5, 0.6) is 0 Å². The molecule has 0 aromatic heterocycles. The second-order valence-corrected chi connectivity index (χ2v) is 19.7. The molecule has 60 heavy (non-hydrogen) atoms. The minimum Gasteiger partial charge on any atom is -0.756 e. The number of aliphatic hydroxyl groups excluding tert-OH is 2. The van der Waals surface area contributed by atoms with Crippen molar-refractivity contribution in [3.63, 3.8) is 0 Å². The van der Waals surface area contributed by atoms with E-state index >= 15 is 0 Å². The standard InChI is InChI=1S/C50H97N2O7P/c1-6-8-10-12-14-16-18-20-21-22-23-24-25-26-27-28-29-30-31-33-35-37-39-41-43-49(54)51-47(46-59-60(56,57)58-45-44-52(3,4)5)50(55)48(53)42-40-38-36-34-32-19-17-15-13-11-9-7-2/h7,9,15,17,34,36,47-48,50,53,55H,6,8,10-14,16,18-33,35,37-46H2,1-5H3,(H-,51,54,56,57)/b9-7+,17-15+,36-34+. The number of quaternary nitrogens is 1. The average molecular weight is 869 g/mol. The van der Waals surface area contributed by atoms with Crippen LogP contribution in [0, 0.1) is 0 Å². The number of phosphoric ester groups is 1. The van der Waals surface area contributed by atoms with Crippen molar-refractivity contribution in [3.05, 3.63) is 36.5 Å². The smallest absolute Gasteiger partial charge is 0.268 e. The molecule has 0 spiro atoms. The van der Waals surface area contributed by atoms with Gasteiger partial charge in [-0.1, -0.05) is 191 Å². The fourth-order valence-corrected chi connectivity index (χ4v) is 8.02. The Morgan fingerprint density at radius 2 is 1.02 bits per heavy atom. The molecule has 0 aliphatic rings. The van der Waals surface area contributed by atoms with Gasteiger partial charge in [-0.05, 0) is 58.3 Å². The van der Waals surface area contributed by atoms with Crippen molar-refractivity contribution in [3.8, 4) is 0 Å². The molecule has 354 valence electrons. The van der Waals surface area contributed by atoms with Crippen LogP contribution >= 0.6 is 7.82 Å². The van der Waals surface area contributed by atoms with E-state index < -0.39 is 32.7 Å². The Kier molecular flexibility index (Phi) is 40.8. The number of carbonyl (C=O) groups excluding carboxylic acids is 1. The first-order valence-corrected chi connectivity index (χ1v) is 26.3. The van der Waals surface area contributed by atoms with Gasteiger partial charge in [0.05, 0.1) is 39.9 Å². The number of nitrogens with one attached hydrogen (secondary N) is 1. The van der Waals surface area contributed by atoms with Crippen LogP contribution in [0.1, 0.15) is 219 Å². The molecule has 4 atom stereocenters. The fourth-order valence-electron chi connectivity index (χ4n) is 7.29. The van der Waals surface area contributed by atoms with Crippen LogP contribution in [0.4, 0.5) is 0 Å². The van der Waals surface area contributed by atoms with Gasteiger partial charge in [0.1, 0.15) is 19.3 Å². The average Bonchev–Trinajstić information content (AvgIpc) is 3.20. The Hall–Kier alpha value is -1.32. The highest BCUT2D eigenvalue weighted by Crippen LogP contribution is 2.38. The summed E-state index contributed by atoms with van der Waals surface area (Å²) in [6, 6.07) is -1.10. The highest BCUT2D eigenvalue weighted by atomic mass is 31.2. The highest BCUT2D eigenvalue weighted by Gasteiger charge is 2.29. The van der Waals surface area contributed by atoms with E-state index in [2.05, 4.69) is 48.7 Å². The molecule has 0 bridgehead atoms. The normalized spacial score (nSPS) is 15.0. The zero-order valence-electron chi connectivity index (χ0n) is 39.8. The molecule has 0 saturated heterocycles. The number of hydrogen-bond acceptors (Lipinski definition) is 7. The Morgan fingerprint density at radius 3 is 1.43 bits per heavy atom. The van der Waals surface area contributed by atoms with Gasteiger partial charge in [-0.25, -0.2) is 0 Å². The molecule has 0 rings (SSSR count). The third-order valence-electron chi connectivity index (χ3n) is 11.3. The molecule has 4 unspecified atom stereocenters. The predicted octanol–water partition coefficient (Wildman–Crippen LogP) is 12.6. The number of nitrogens with zero attached hydrogens (tertiary/aromatic N) is 1. The molecule has 9 nitrogen and oxygen atoms in total. The maximum Gasteiger partial charge on any atom is 0.268 e. The van der Waals surface area contributed by atoms with E-state index in [1.165, 1.54) is 128 Å². The summed E-state index contributed by atoms with van der Waals surface area (Å²) in [5, 5.41) is 24.6. The first-order chi connectivity index (χ1) is 28.9. The maximum absolute atomic E-state index is 12.9. The van der Waals surface area contributed by atoms with Crippen molar-refractivity contribution in [1.82, 2.24) is 5.32 Å². The quantitative estimate of drug-likeness (QED) is 0.0241. The molecule has 0 aromatic carbocycles. The second-order valence-electron chi connectivity index (χ2n) is 18.3. The van der Waals surface area contributed by atoms with E-state index in [1.807, 2.05) is 28.1 Å². The zero-order valence-corrected chi connectivity index (χ0v) is 40.7. The first-order valence-electron chi connectivity index (χ1n) is 24.9. The number of allylic oxidation sites excluding steroid dienone is 6. The summed E-state index contributed by atoms with van der Waals surface area (Å²) in [5.74, 6) is -0.292. The number of unbranched alkanes of at least 4 members (excludes halogenated alkanes) is 26. The van der Waals surface area contributed by atoms with Gasteiger partial charge in [0.25, 0.3) is 7.82 Å². The third kappa shape index (κ3) is 42.0. The summed E-state index contributed by atoms with van der Waals surface area (Å²) in [4.78, 5) is 25.4. The van der Waals surface area contributed by atoms with Crippen molar-refractivity contribution in [2.75, 3.05) is 40.9 Å². The molecule has 0 saturated carbocycles. The Balaban J connectivity index is 4.29. The minimum absolute atomic E-state index is 0.0492. The number of phosphoric acid groups is 1. The Bertz CT molecular complexity index is 1090. The molecule has 0 aliphatic carbocycles. The monoisotopic (exact) mass is 869 g/mol. The number of aliphatic hydroxyl groups is 2. The van der Waals surface area contributed by atoms with Crippen molar-refractivity contribution in [2.45, 2.75) is 238 Å². The van der Waals surface area contributed by atoms with Crippen LogP contribution in [-0.4, -0.2) is 79.8 Å². The van der Waals surface area contributed by atoms with Gasteiger partial charge in [-0.3, -0.25) is 9.36 Å². The summed E-state index contributed by atoms with van der Waals surface area (Å²) in [6.45, 7) is 4.21. The molecular formula is C50H97N2O7P. The van der Waals surface area contributed by atoms with Crippen LogP contribution in [0.25, 0.3) is 0 Å². The lowest BCUT2D eigenvalue weighted by Crippen LogP contribution is -2.51. The summed E-state index contributed by atoms with van der Waals surface area (Å²) >= 11 is 0. The molecule has 0 aliphatic heterocycles. The summed E-state index contributed by atoms with van der Waals surface area (Å²) < 4.78 is 23.2. The van der Waals surface area contributed by atoms with E-state index in [0.717, 1.165) is 51.4 Å². The number of rotatable bonds is 45. The third-order valence-corrected chi connectivity index (χ3v) is 12.2. The lowest BCUT2D eigenvalue weighted by Gasteiger charge is -2.31. The largest absolute Gasteiger partial charge is 0.756 e. The number of carbonyl (C=O) groups is 1.